The van der Waals surface area contributed by atoms with Gasteiger partial charge in [-0.3, -0.25) is 9.36 Å². The monoisotopic (exact) mass is 366 g/mol. The average molecular weight is 367 g/mol. The molecule has 130 valence electrons. The molecule has 0 radical (unpaired) electrons. The first kappa shape index (κ1) is 18.7. The van der Waals surface area contributed by atoms with Gasteiger partial charge >= 0.3 is 0 Å². The third kappa shape index (κ3) is 4.45. The number of hydrogen-bond donors (Lipinski definition) is 0. The number of rotatable bonds is 7. The summed E-state index contributed by atoms with van der Waals surface area (Å²) in [4.78, 5) is 13.4. The van der Waals surface area contributed by atoms with Crippen LogP contribution in [0, 0.1) is 4.77 Å². The molecule has 2 rings (SSSR count). The number of unbranched alkanes of at least 4 members (excludes halogenated alkanes) is 1. The molecule has 5 nitrogen and oxygen atoms in total. The Balaban J connectivity index is 2.34. The fraction of sp³-hybridized carbons (Fsp3) is 0.471. The minimum atomic E-state index is 0.0630. The molecule has 0 saturated carbocycles. The number of benzene rings is 1. The van der Waals surface area contributed by atoms with Crippen molar-refractivity contribution in [3.8, 4) is 11.4 Å². The van der Waals surface area contributed by atoms with Gasteiger partial charge in [0.2, 0.25) is 5.91 Å². The van der Waals surface area contributed by atoms with E-state index in [-0.39, 0.29) is 5.91 Å². The quantitative estimate of drug-likeness (QED) is 0.695. The van der Waals surface area contributed by atoms with E-state index in [1.54, 1.807) is 23.7 Å². The highest BCUT2D eigenvalue weighted by molar-refractivity contribution is 7.71. The van der Waals surface area contributed by atoms with Gasteiger partial charge in [0.25, 0.3) is 0 Å². The second-order valence-corrected chi connectivity index (χ2v) is 6.68. The van der Waals surface area contributed by atoms with E-state index in [1.165, 1.54) is 0 Å². The van der Waals surface area contributed by atoms with E-state index in [1.807, 2.05) is 28.8 Å². The standard InChI is InChI=1S/C17H23ClN4OS/c1-4-5-11-21-16(13-6-8-14(18)9-7-13)19-22(17(21)24)12-10-15(23)20(2)3/h6-9H,4-5,10-12H2,1-3H3. The lowest BCUT2D eigenvalue weighted by Gasteiger charge is -2.09. The predicted molar refractivity (Wildman–Crippen MR) is 99.7 cm³/mol. The zero-order valence-electron chi connectivity index (χ0n) is 14.3. The van der Waals surface area contributed by atoms with Gasteiger partial charge in [0, 0.05) is 37.6 Å². The molecule has 0 spiro atoms. The highest BCUT2D eigenvalue weighted by atomic mass is 35.5. The minimum absolute atomic E-state index is 0.0630. The lowest BCUT2D eigenvalue weighted by Crippen LogP contribution is -2.23. The summed E-state index contributed by atoms with van der Waals surface area (Å²) in [6.07, 6.45) is 2.48. The molecule has 1 aromatic heterocycles. The molecule has 7 heteroatoms. The number of nitrogens with zero attached hydrogens (tertiary/aromatic N) is 4. The van der Waals surface area contributed by atoms with Crippen molar-refractivity contribution in [2.45, 2.75) is 39.3 Å². The molecule has 1 aromatic carbocycles. The van der Waals surface area contributed by atoms with Crippen LogP contribution in [-0.4, -0.2) is 39.3 Å². The van der Waals surface area contributed by atoms with Crippen LogP contribution in [0.1, 0.15) is 26.2 Å². The van der Waals surface area contributed by atoms with Crippen LogP contribution in [0.4, 0.5) is 0 Å². The van der Waals surface area contributed by atoms with E-state index < -0.39 is 0 Å². The zero-order valence-corrected chi connectivity index (χ0v) is 15.9. The minimum Gasteiger partial charge on any atom is -0.349 e. The van der Waals surface area contributed by atoms with Crippen LogP contribution in [0.3, 0.4) is 0 Å². The van der Waals surface area contributed by atoms with E-state index in [0.29, 0.717) is 22.8 Å². The summed E-state index contributed by atoms with van der Waals surface area (Å²) in [7, 11) is 3.50. The fourth-order valence-corrected chi connectivity index (χ4v) is 2.78. The van der Waals surface area contributed by atoms with E-state index >= 15 is 0 Å². The Hall–Kier alpha value is -1.66. The molecule has 1 amide bonds. The Morgan fingerprint density at radius 1 is 1.25 bits per heavy atom. The molecule has 0 bridgehead atoms. The maximum Gasteiger partial charge on any atom is 0.223 e. The van der Waals surface area contributed by atoms with Gasteiger partial charge in [-0.25, -0.2) is 4.68 Å². The smallest absolute Gasteiger partial charge is 0.223 e. The lowest BCUT2D eigenvalue weighted by atomic mass is 10.2. The van der Waals surface area contributed by atoms with Gasteiger partial charge in [0.05, 0.1) is 6.54 Å². The number of aryl methyl sites for hydroxylation is 1. The van der Waals surface area contributed by atoms with Gasteiger partial charge in [-0.05, 0) is 42.9 Å². The number of carbonyl (C=O) groups excluding carboxylic acids is 1. The second-order valence-electron chi connectivity index (χ2n) is 5.88. The predicted octanol–water partition coefficient (Wildman–Crippen LogP) is 4.01. The third-order valence-electron chi connectivity index (χ3n) is 3.80. The summed E-state index contributed by atoms with van der Waals surface area (Å²) in [6, 6.07) is 7.58. The SMILES string of the molecule is CCCCn1c(-c2ccc(Cl)cc2)nn(CCC(=O)N(C)C)c1=S. The average Bonchev–Trinajstić information content (AvgIpc) is 2.87. The third-order valence-corrected chi connectivity index (χ3v) is 4.48. The van der Waals surface area contributed by atoms with Crippen LogP contribution in [-0.2, 0) is 17.9 Å². The summed E-state index contributed by atoms with van der Waals surface area (Å²) < 4.78 is 4.44. The van der Waals surface area contributed by atoms with Crippen LogP contribution in [0.25, 0.3) is 11.4 Å². The van der Waals surface area contributed by atoms with Gasteiger partial charge < -0.3 is 4.90 Å². The summed E-state index contributed by atoms with van der Waals surface area (Å²) in [5.74, 6) is 0.885. The van der Waals surface area contributed by atoms with Crippen LogP contribution >= 0.6 is 23.8 Å². The van der Waals surface area contributed by atoms with Crippen LogP contribution in [0.2, 0.25) is 5.02 Å². The molecular weight excluding hydrogens is 344 g/mol. The van der Waals surface area contributed by atoms with Crippen molar-refractivity contribution in [1.82, 2.24) is 19.2 Å². The first-order valence-corrected chi connectivity index (χ1v) is 8.86. The van der Waals surface area contributed by atoms with Gasteiger partial charge in [-0.15, -0.1) is 0 Å². The Morgan fingerprint density at radius 2 is 1.92 bits per heavy atom. The zero-order chi connectivity index (χ0) is 17.7. The van der Waals surface area contributed by atoms with Crippen molar-refractivity contribution in [1.29, 1.82) is 0 Å². The maximum atomic E-state index is 11.8. The van der Waals surface area contributed by atoms with E-state index in [9.17, 15) is 4.79 Å². The van der Waals surface area contributed by atoms with Crippen LogP contribution < -0.4 is 0 Å². The van der Waals surface area contributed by atoms with Crippen molar-refractivity contribution >= 4 is 29.7 Å². The first-order valence-electron chi connectivity index (χ1n) is 8.07. The van der Waals surface area contributed by atoms with Gasteiger partial charge in [-0.1, -0.05) is 24.9 Å². The number of halogens is 1. The molecule has 0 atom stereocenters. The van der Waals surface area contributed by atoms with Crippen LogP contribution in [0.5, 0.6) is 0 Å². The topological polar surface area (TPSA) is 43.1 Å². The summed E-state index contributed by atoms with van der Waals surface area (Å²) in [5.41, 5.74) is 0.972. The van der Waals surface area contributed by atoms with Crippen molar-refractivity contribution in [3.05, 3.63) is 34.1 Å². The summed E-state index contributed by atoms with van der Waals surface area (Å²) in [6.45, 7) is 3.44. The summed E-state index contributed by atoms with van der Waals surface area (Å²) in [5, 5.41) is 5.34. The van der Waals surface area contributed by atoms with Gasteiger partial charge in [0.15, 0.2) is 10.6 Å². The van der Waals surface area contributed by atoms with E-state index in [2.05, 4.69) is 12.0 Å². The first-order chi connectivity index (χ1) is 11.4. The highest BCUT2D eigenvalue weighted by Crippen LogP contribution is 2.21. The number of hydrogen-bond acceptors (Lipinski definition) is 3. The normalized spacial score (nSPS) is 10.8. The Bertz CT molecular complexity index is 749. The maximum absolute atomic E-state index is 11.8. The van der Waals surface area contributed by atoms with Crippen molar-refractivity contribution in [3.63, 3.8) is 0 Å². The van der Waals surface area contributed by atoms with Crippen molar-refractivity contribution < 1.29 is 4.79 Å². The Labute approximate surface area is 152 Å². The Kier molecular flexibility index (Phi) is 6.57. The number of aromatic nitrogens is 3. The molecule has 0 unspecified atom stereocenters. The van der Waals surface area contributed by atoms with E-state index in [0.717, 1.165) is 30.8 Å². The highest BCUT2D eigenvalue weighted by Gasteiger charge is 2.14. The molecule has 0 aliphatic rings. The second kappa shape index (κ2) is 8.44. The molecule has 2 aromatic rings. The van der Waals surface area contributed by atoms with Crippen molar-refractivity contribution in [2.75, 3.05) is 14.1 Å². The molecule has 0 fully saturated rings. The van der Waals surface area contributed by atoms with Gasteiger partial charge in [0.1, 0.15) is 0 Å². The molecule has 0 aliphatic heterocycles. The Morgan fingerprint density at radius 3 is 2.50 bits per heavy atom. The molecule has 0 N–H and O–H groups in total. The van der Waals surface area contributed by atoms with Crippen LogP contribution in [0.15, 0.2) is 24.3 Å². The van der Waals surface area contributed by atoms with Gasteiger partial charge in [-0.2, -0.15) is 5.10 Å². The van der Waals surface area contributed by atoms with E-state index in [4.69, 9.17) is 23.8 Å². The molecule has 0 saturated heterocycles. The molecular formula is C17H23ClN4OS. The molecule has 0 aliphatic carbocycles. The molecule has 1 heterocycles. The largest absolute Gasteiger partial charge is 0.349 e. The fourth-order valence-electron chi connectivity index (χ4n) is 2.34. The molecule has 24 heavy (non-hydrogen) atoms. The summed E-state index contributed by atoms with van der Waals surface area (Å²) >= 11 is 11.6. The number of carbonyl (C=O) groups is 1. The number of amides is 1. The van der Waals surface area contributed by atoms with Crippen molar-refractivity contribution in [2.24, 2.45) is 0 Å². The lowest BCUT2D eigenvalue weighted by molar-refractivity contribution is -0.128.